The highest BCUT2D eigenvalue weighted by atomic mass is 32.1. The van der Waals surface area contributed by atoms with Gasteiger partial charge in [0.05, 0.1) is 45.6 Å². The van der Waals surface area contributed by atoms with Gasteiger partial charge < -0.3 is 4.90 Å². The van der Waals surface area contributed by atoms with Crippen molar-refractivity contribution >= 4 is 42.9 Å². The standard InChI is InChI=1S/C44H41N5S/c1-28-10-9-11-32(26-28)44(3)46-41(30-17-15-29(27-45)16-18-30)48(4)42(47-44)31-19-21-33(22-20-31)49-39-36(37-13-7-8-25-43(37,49)2)24-23-35-34-12-5-6-14-38(34)50-40(35)39/h5-25,28,37,41-42,46-47H,26H2,1-4H3. The molecule has 6 unspecified atom stereocenters. The molecule has 1 fully saturated rings. The van der Waals surface area contributed by atoms with Crippen LogP contribution in [0.25, 0.3) is 20.2 Å². The number of allylic oxidation sites excluding steroid dienone is 5. The van der Waals surface area contributed by atoms with Crippen molar-refractivity contribution in [2.45, 2.75) is 56.6 Å². The van der Waals surface area contributed by atoms with Gasteiger partial charge in [-0.1, -0.05) is 104 Å². The van der Waals surface area contributed by atoms with Crippen LogP contribution < -0.4 is 15.5 Å². The van der Waals surface area contributed by atoms with Crippen LogP contribution in [0.4, 0.5) is 11.4 Å². The highest BCUT2D eigenvalue weighted by molar-refractivity contribution is 7.26. The van der Waals surface area contributed by atoms with Gasteiger partial charge in [0.25, 0.3) is 0 Å². The fourth-order valence-electron chi connectivity index (χ4n) is 8.80. The summed E-state index contributed by atoms with van der Waals surface area (Å²) in [6.07, 6.45) is 16.8. The van der Waals surface area contributed by atoms with Crippen molar-refractivity contribution in [1.82, 2.24) is 15.5 Å². The molecule has 50 heavy (non-hydrogen) atoms. The molecular weight excluding hydrogens is 631 g/mol. The summed E-state index contributed by atoms with van der Waals surface area (Å²) in [5.74, 6) is 0.744. The summed E-state index contributed by atoms with van der Waals surface area (Å²) in [6.45, 7) is 6.94. The SMILES string of the molecule is CC1C=CC=C(C2(C)NC(c3ccc(C#N)cc3)N(C)C(c3ccc(N4c5c(ccc6c5sc5ccccc56)C5C=CC=CC54C)cc3)N2)C1. The fraction of sp³-hybridized carbons (Fsp3) is 0.250. The van der Waals surface area contributed by atoms with Crippen molar-refractivity contribution in [2.75, 3.05) is 11.9 Å². The lowest BCUT2D eigenvalue weighted by atomic mass is 9.80. The second-order valence-electron chi connectivity index (χ2n) is 14.7. The van der Waals surface area contributed by atoms with E-state index in [0.717, 1.165) is 12.0 Å². The summed E-state index contributed by atoms with van der Waals surface area (Å²) >= 11 is 1.91. The number of thiophene rings is 1. The molecule has 0 radical (unpaired) electrons. The third kappa shape index (κ3) is 4.76. The quantitative estimate of drug-likeness (QED) is 0.199. The van der Waals surface area contributed by atoms with E-state index < -0.39 is 5.66 Å². The highest BCUT2D eigenvalue weighted by Crippen LogP contribution is 2.58. The second kappa shape index (κ2) is 11.7. The lowest BCUT2D eigenvalue weighted by molar-refractivity contribution is 0.0135. The van der Waals surface area contributed by atoms with Gasteiger partial charge in [0.15, 0.2) is 0 Å². The van der Waals surface area contributed by atoms with Crippen LogP contribution in [0.2, 0.25) is 0 Å². The summed E-state index contributed by atoms with van der Waals surface area (Å²) in [6, 6.07) is 33.0. The molecule has 3 heterocycles. The van der Waals surface area contributed by atoms with Crippen molar-refractivity contribution in [3.8, 4) is 6.07 Å². The van der Waals surface area contributed by atoms with Crippen LogP contribution in [0.15, 0.2) is 133 Å². The Morgan fingerprint density at radius 1 is 0.820 bits per heavy atom. The van der Waals surface area contributed by atoms with E-state index in [1.165, 1.54) is 48.2 Å². The zero-order valence-electron chi connectivity index (χ0n) is 28.9. The van der Waals surface area contributed by atoms with E-state index in [1.807, 2.05) is 23.5 Å². The van der Waals surface area contributed by atoms with Crippen molar-refractivity contribution in [2.24, 2.45) is 5.92 Å². The molecule has 2 aliphatic carbocycles. The summed E-state index contributed by atoms with van der Waals surface area (Å²) < 4.78 is 2.69. The summed E-state index contributed by atoms with van der Waals surface area (Å²) in [5, 5.41) is 20.1. The Morgan fingerprint density at radius 3 is 2.26 bits per heavy atom. The van der Waals surface area contributed by atoms with Crippen LogP contribution in [0, 0.1) is 17.2 Å². The Bertz CT molecular complexity index is 2310. The van der Waals surface area contributed by atoms with Crippen LogP contribution in [0.5, 0.6) is 0 Å². The van der Waals surface area contributed by atoms with Crippen LogP contribution in [0.3, 0.4) is 0 Å². The van der Waals surface area contributed by atoms with Gasteiger partial charge in [0.2, 0.25) is 0 Å². The highest BCUT2D eigenvalue weighted by Gasteiger charge is 2.48. The van der Waals surface area contributed by atoms with E-state index in [9.17, 15) is 5.26 Å². The molecule has 5 nitrogen and oxygen atoms in total. The lowest BCUT2D eigenvalue weighted by Gasteiger charge is -2.52. The number of nitrogens with one attached hydrogen (secondary N) is 2. The van der Waals surface area contributed by atoms with Crippen molar-refractivity contribution < 1.29 is 0 Å². The molecule has 2 aliphatic heterocycles. The van der Waals surface area contributed by atoms with Gasteiger partial charge in [0.1, 0.15) is 0 Å². The number of rotatable bonds is 4. The average Bonchev–Trinajstić information content (AvgIpc) is 3.65. The van der Waals surface area contributed by atoms with Crippen LogP contribution in [-0.2, 0) is 0 Å². The monoisotopic (exact) mass is 671 g/mol. The molecule has 0 saturated carbocycles. The molecule has 0 spiro atoms. The first-order valence-electron chi connectivity index (χ1n) is 17.6. The minimum absolute atomic E-state index is 0.0564. The molecule has 1 aromatic heterocycles. The average molecular weight is 672 g/mol. The Kier molecular flexibility index (Phi) is 7.28. The van der Waals surface area contributed by atoms with E-state index in [-0.39, 0.29) is 23.8 Å². The summed E-state index contributed by atoms with van der Waals surface area (Å²) in [5.41, 5.74) is 7.63. The van der Waals surface area contributed by atoms with Gasteiger partial charge in [-0.25, -0.2) is 0 Å². The zero-order valence-corrected chi connectivity index (χ0v) is 29.7. The van der Waals surface area contributed by atoms with E-state index in [4.69, 9.17) is 0 Å². The van der Waals surface area contributed by atoms with Crippen LogP contribution in [-0.4, -0.2) is 23.1 Å². The first-order chi connectivity index (χ1) is 24.3. The predicted octanol–water partition coefficient (Wildman–Crippen LogP) is 10.1. The number of nitriles is 1. The number of fused-ring (bicyclic) bond motifs is 7. The van der Waals surface area contributed by atoms with Gasteiger partial charge in [-0.15, -0.1) is 11.3 Å². The van der Waals surface area contributed by atoms with Gasteiger partial charge in [-0.3, -0.25) is 15.5 Å². The number of hydrogen-bond acceptors (Lipinski definition) is 6. The molecule has 1 saturated heterocycles. The number of benzene rings is 4. The van der Waals surface area contributed by atoms with Crippen molar-refractivity contribution in [3.63, 3.8) is 0 Å². The predicted molar refractivity (Wildman–Crippen MR) is 207 cm³/mol. The third-order valence-electron chi connectivity index (χ3n) is 11.5. The van der Waals surface area contributed by atoms with Crippen LogP contribution in [0.1, 0.15) is 67.7 Å². The van der Waals surface area contributed by atoms with E-state index in [0.29, 0.717) is 11.5 Å². The first-order valence-corrected chi connectivity index (χ1v) is 18.4. The third-order valence-corrected chi connectivity index (χ3v) is 12.7. The minimum atomic E-state index is -0.436. The normalized spacial score (nSPS) is 28.9. The maximum absolute atomic E-state index is 9.47. The molecule has 9 rings (SSSR count). The molecule has 248 valence electrons. The Balaban J connectivity index is 1.13. The molecule has 0 amide bonds. The number of anilines is 2. The maximum atomic E-state index is 9.47. The lowest BCUT2D eigenvalue weighted by Crippen LogP contribution is -2.67. The van der Waals surface area contributed by atoms with E-state index in [1.54, 1.807) is 0 Å². The largest absolute Gasteiger partial charge is 0.330 e. The smallest absolute Gasteiger partial charge is 0.0991 e. The van der Waals surface area contributed by atoms with Gasteiger partial charge in [-0.05, 0) is 85.8 Å². The molecule has 5 aromatic rings. The molecular formula is C44H41N5S. The van der Waals surface area contributed by atoms with E-state index >= 15 is 0 Å². The fourth-order valence-corrected chi connectivity index (χ4v) is 10.0. The number of hydrogen-bond donors (Lipinski definition) is 2. The minimum Gasteiger partial charge on any atom is -0.330 e. The maximum Gasteiger partial charge on any atom is 0.0991 e. The summed E-state index contributed by atoms with van der Waals surface area (Å²) in [7, 11) is 2.18. The van der Waals surface area contributed by atoms with Crippen molar-refractivity contribution in [1.29, 1.82) is 5.26 Å². The molecule has 6 atom stereocenters. The van der Waals surface area contributed by atoms with Gasteiger partial charge in [0, 0.05) is 27.1 Å². The molecule has 4 aliphatic rings. The van der Waals surface area contributed by atoms with Crippen LogP contribution >= 0.6 is 11.3 Å². The Morgan fingerprint density at radius 2 is 1.54 bits per heavy atom. The molecule has 2 N–H and O–H groups in total. The Hall–Kier alpha value is -4.77. The summed E-state index contributed by atoms with van der Waals surface area (Å²) in [4.78, 5) is 4.97. The van der Waals surface area contributed by atoms with Gasteiger partial charge in [-0.2, -0.15) is 5.26 Å². The topological polar surface area (TPSA) is 54.3 Å². The second-order valence-corrected chi connectivity index (χ2v) is 15.8. The van der Waals surface area contributed by atoms with Crippen molar-refractivity contribution in [3.05, 3.63) is 155 Å². The zero-order chi connectivity index (χ0) is 34.2. The molecule has 0 bridgehead atoms. The molecule has 4 aromatic carbocycles. The Labute approximate surface area is 298 Å². The number of nitrogens with zero attached hydrogens (tertiary/aromatic N) is 3. The molecule has 6 heteroatoms. The van der Waals surface area contributed by atoms with Gasteiger partial charge >= 0.3 is 0 Å². The van der Waals surface area contributed by atoms with E-state index in [2.05, 4.69) is 170 Å². The first kappa shape index (κ1) is 31.2.